The van der Waals surface area contributed by atoms with Crippen molar-refractivity contribution in [1.29, 1.82) is 0 Å². The van der Waals surface area contributed by atoms with Gasteiger partial charge in [0.1, 0.15) is 0 Å². The molecule has 2 aromatic heterocycles. The molecule has 0 aliphatic carbocycles. The van der Waals surface area contributed by atoms with Crippen LogP contribution in [0.25, 0.3) is 87.3 Å². The van der Waals surface area contributed by atoms with Gasteiger partial charge in [0.05, 0.1) is 22.1 Å². The Morgan fingerprint density at radius 2 is 0.750 bits per heavy atom. The molecule has 0 saturated heterocycles. The largest absolute Gasteiger partial charge is 0.309 e. The average molecular weight is 559 g/mol. The van der Waals surface area contributed by atoms with Crippen LogP contribution in [0.15, 0.2) is 158 Å². The second-order valence-electron chi connectivity index (χ2n) is 11.8. The molecule has 0 saturated carbocycles. The second-order valence-corrected chi connectivity index (χ2v) is 11.8. The number of aromatic nitrogens is 2. The molecule has 2 heteroatoms. The molecule has 0 fully saturated rings. The molecule has 0 atom stereocenters. The Kier molecular flexibility index (Phi) is 4.75. The van der Waals surface area contributed by atoms with E-state index in [-0.39, 0.29) is 0 Å². The number of hydrogen-bond acceptors (Lipinski definition) is 0. The normalized spacial score (nSPS) is 12.1. The van der Waals surface area contributed by atoms with Gasteiger partial charge < -0.3 is 9.13 Å². The Bertz CT molecular complexity index is 2760. The highest BCUT2D eigenvalue weighted by molar-refractivity contribution is 6.20. The van der Waals surface area contributed by atoms with Crippen molar-refractivity contribution in [2.75, 3.05) is 0 Å². The Balaban J connectivity index is 1.32. The van der Waals surface area contributed by atoms with Crippen molar-refractivity contribution in [3.63, 3.8) is 0 Å². The summed E-state index contributed by atoms with van der Waals surface area (Å²) in [6, 6.07) is 57.8. The molecule has 8 aromatic carbocycles. The topological polar surface area (TPSA) is 9.86 Å². The number of para-hydroxylation sites is 3. The molecule has 0 unspecified atom stereocenters. The Labute approximate surface area is 253 Å². The van der Waals surface area contributed by atoms with Gasteiger partial charge in [0, 0.05) is 32.9 Å². The average Bonchev–Trinajstić information content (AvgIpc) is 3.59. The summed E-state index contributed by atoms with van der Waals surface area (Å²) in [7, 11) is 0. The lowest BCUT2D eigenvalue weighted by molar-refractivity contribution is 1.18. The lowest BCUT2D eigenvalue weighted by Crippen LogP contribution is -1.95. The summed E-state index contributed by atoms with van der Waals surface area (Å²) in [4.78, 5) is 0. The quantitative estimate of drug-likeness (QED) is 0.187. The van der Waals surface area contributed by atoms with Crippen LogP contribution in [-0.2, 0) is 0 Å². The second kappa shape index (κ2) is 8.82. The first-order valence-electron chi connectivity index (χ1n) is 15.2. The van der Waals surface area contributed by atoms with Gasteiger partial charge in [0.15, 0.2) is 0 Å². The van der Waals surface area contributed by atoms with Gasteiger partial charge in [0.2, 0.25) is 0 Å². The summed E-state index contributed by atoms with van der Waals surface area (Å²) in [5, 5.41) is 12.7. The molecule has 10 aromatic rings. The van der Waals surface area contributed by atoms with E-state index < -0.39 is 0 Å². The van der Waals surface area contributed by atoms with Crippen LogP contribution in [0.5, 0.6) is 0 Å². The number of nitrogens with zero attached hydrogens (tertiary/aromatic N) is 2. The molecule has 0 amide bonds. The zero-order valence-electron chi connectivity index (χ0n) is 23.9. The molecule has 0 radical (unpaired) electrons. The van der Waals surface area contributed by atoms with Gasteiger partial charge in [-0.15, -0.1) is 0 Å². The molecule has 2 nitrogen and oxygen atoms in total. The summed E-state index contributed by atoms with van der Waals surface area (Å²) in [6.45, 7) is 0. The van der Waals surface area contributed by atoms with Crippen LogP contribution in [-0.4, -0.2) is 9.13 Å². The van der Waals surface area contributed by atoms with Crippen LogP contribution in [0.1, 0.15) is 0 Å². The van der Waals surface area contributed by atoms with Gasteiger partial charge in [-0.05, 0) is 80.8 Å². The molecule has 10 rings (SSSR count). The highest BCUT2D eigenvalue weighted by atomic mass is 15.0. The fourth-order valence-corrected chi connectivity index (χ4v) is 7.51. The van der Waals surface area contributed by atoms with Crippen molar-refractivity contribution in [2.24, 2.45) is 0 Å². The number of rotatable bonds is 2. The predicted octanol–water partition coefficient (Wildman–Crippen LogP) is 11.3. The Morgan fingerprint density at radius 3 is 1.43 bits per heavy atom. The maximum atomic E-state index is 2.46. The molecule has 0 N–H and O–H groups in total. The van der Waals surface area contributed by atoms with Gasteiger partial charge in [-0.25, -0.2) is 0 Å². The van der Waals surface area contributed by atoms with Gasteiger partial charge in [0.25, 0.3) is 0 Å². The molecule has 204 valence electrons. The minimum atomic E-state index is 1.18. The standard InChI is InChI=1S/C42H26N2/c1-2-11-29(12-3-1)43-39-16-8-6-14-34(39)37-26-42-38(25-41(37)43)35-15-7-9-17-40(35)44(42)30-21-18-28-20-22-32-31-13-5-4-10-27(31)19-23-33(32)36(28)24-30/h1-26H. The third kappa shape index (κ3) is 3.20. The number of fused-ring (bicyclic) bond motifs is 11. The van der Waals surface area contributed by atoms with E-state index in [1.807, 2.05) is 0 Å². The highest BCUT2D eigenvalue weighted by Gasteiger charge is 2.18. The van der Waals surface area contributed by atoms with E-state index in [9.17, 15) is 0 Å². The summed E-state index contributed by atoms with van der Waals surface area (Å²) in [6.07, 6.45) is 0. The maximum Gasteiger partial charge on any atom is 0.0548 e. The summed E-state index contributed by atoms with van der Waals surface area (Å²) < 4.78 is 4.86. The van der Waals surface area contributed by atoms with Gasteiger partial charge in [-0.1, -0.05) is 109 Å². The number of benzene rings is 8. The molecule has 0 aliphatic heterocycles. The van der Waals surface area contributed by atoms with Crippen molar-refractivity contribution in [1.82, 2.24) is 9.13 Å². The first kappa shape index (κ1) is 23.7. The smallest absolute Gasteiger partial charge is 0.0548 e. The molecule has 0 spiro atoms. The monoisotopic (exact) mass is 558 g/mol. The minimum Gasteiger partial charge on any atom is -0.309 e. The van der Waals surface area contributed by atoms with E-state index in [0.29, 0.717) is 0 Å². The van der Waals surface area contributed by atoms with E-state index in [4.69, 9.17) is 0 Å². The van der Waals surface area contributed by atoms with Crippen molar-refractivity contribution in [3.05, 3.63) is 158 Å². The van der Waals surface area contributed by atoms with Gasteiger partial charge in [-0.2, -0.15) is 0 Å². The summed E-state index contributed by atoms with van der Waals surface area (Å²) in [5.74, 6) is 0. The molecular weight excluding hydrogens is 532 g/mol. The van der Waals surface area contributed by atoms with Gasteiger partial charge in [-0.3, -0.25) is 0 Å². The van der Waals surface area contributed by atoms with Crippen LogP contribution in [0.4, 0.5) is 0 Å². The van der Waals surface area contributed by atoms with Crippen molar-refractivity contribution >= 4 is 75.9 Å². The van der Waals surface area contributed by atoms with E-state index in [1.165, 1.54) is 87.3 Å². The SMILES string of the molecule is c1ccc(-n2c3ccccc3c3cc4c(cc32)c2ccccc2n4-c2ccc3ccc4c5ccccc5ccc4c3c2)cc1. The van der Waals surface area contributed by atoms with Crippen LogP contribution in [0, 0.1) is 0 Å². The van der Waals surface area contributed by atoms with E-state index in [0.717, 1.165) is 0 Å². The van der Waals surface area contributed by atoms with Crippen molar-refractivity contribution < 1.29 is 0 Å². The van der Waals surface area contributed by atoms with E-state index in [2.05, 4.69) is 167 Å². The van der Waals surface area contributed by atoms with Crippen molar-refractivity contribution in [3.8, 4) is 11.4 Å². The summed E-state index contributed by atoms with van der Waals surface area (Å²) >= 11 is 0. The minimum absolute atomic E-state index is 1.18. The zero-order valence-corrected chi connectivity index (χ0v) is 23.9. The first-order chi connectivity index (χ1) is 21.8. The van der Waals surface area contributed by atoms with Crippen molar-refractivity contribution in [2.45, 2.75) is 0 Å². The maximum absolute atomic E-state index is 2.46. The van der Waals surface area contributed by atoms with Crippen LogP contribution < -0.4 is 0 Å². The van der Waals surface area contributed by atoms with Gasteiger partial charge >= 0.3 is 0 Å². The molecule has 44 heavy (non-hydrogen) atoms. The predicted molar refractivity (Wildman–Crippen MR) is 188 cm³/mol. The molecule has 2 heterocycles. The third-order valence-corrected chi connectivity index (χ3v) is 9.47. The van der Waals surface area contributed by atoms with E-state index >= 15 is 0 Å². The molecular formula is C42H26N2. The Morgan fingerprint density at radius 1 is 0.250 bits per heavy atom. The number of hydrogen-bond donors (Lipinski definition) is 0. The molecule has 0 bridgehead atoms. The van der Waals surface area contributed by atoms with Crippen LogP contribution >= 0.6 is 0 Å². The van der Waals surface area contributed by atoms with Crippen LogP contribution in [0.3, 0.4) is 0 Å². The highest BCUT2D eigenvalue weighted by Crippen LogP contribution is 2.40. The van der Waals surface area contributed by atoms with E-state index in [1.54, 1.807) is 0 Å². The fourth-order valence-electron chi connectivity index (χ4n) is 7.51. The lowest BCUT2D eigenvalue weighted by atomic mass is 9.97. The zero-order chi connectivity index (χ0) is 28.8. The lowest BCUT2D eigenvalue weighted by Gasteiger charge is -2.12. The summed E-state index contributed by atoms with van der Waals surface area (Å²) in [5.41, 5.74) is 7.24. The molecule has 0 aliphatic rings. The first-order valence-corrected chi connectivity index (χ1v) is 15.2. The third-order valence-electron chi connectivity index (χ3n) is 9.47. The fraction of sp³-hybridized carbons (Fsp3) is 0. The Hall–Kier alpha value is -5.86. The van der Waals surface area contributed by atoms with Crippen LogP contribution in [0.2, 0.25) is 0 Å².